The molecule has 0 aromatic heterocycles. The molecule has 14 atom stereocenters. The van der Waals surface area contributed by atoms with Gasteiger partial charge in [-0.3, -0.25) is 0 Å². The number of aliphatic hydroxyl groups excluding tert-OH is 9. The first kappa shape index (κ1) is 25.1. The molecule has 31 heavy (non-hydrogen) atoms. The van der Waals surface area contributed by atoms with Crippen LogP contribution >= 0.6 is 0 Å². The van der Waals surface area contributed by atoms with E-state index in [1.165, 1.54) is 6.92 Å². The second kappa shape index (κ2) is 10.1. The summed E-state index contributed by atoms with van der Waals surface area (Å²) in [7, 11) is 0. The lowest BCUT2D eigenvalue weighted by Crippen LogP contribution is -2.65. The van der Waals surface area contributed by atoms with Crippen LogP contribution in [0.5, 0.6) is 0 Å². The Balaban J connectivity index is 1.72. The summed E-state index contributed by atoms with van der Waals surface area (Å²) in [6.45, 7) is 0.318. The fraction of sp³-hybridized carbons (Fsp3) is 1.00. The Morgan fingerprint density at radius 3 is 1.97 bits per heavy atom. The van der Waals surface area contributed by atoms with E-state index >= 15 is 0 Å². The number of aliphatic hydroxyl groups is 9. The minimum absolute atomic E-state index is 0.376. The molecule has 0 aromatic carbocycles. The molecule has 0 bridgehead atoms. The van der Waals surface area contributed by atoms with Crippen LogP contribution in [0.25, 0.3) is 0 Å². The zero-order valence-corrected chi connectivity index (χ0v) is 16.6. The molecule has 3 fully saturated rings. The normalized spacial score (nSPS) is 54.0. The van der Waals surface area contributed by atoms with Gasteiger partial charge < -0.3 is 69.6 Å². The lowest BCUT2D eigenvalue weighted by atomic mass is 9.97. The molecule has 0 spiro atoms. The van der Waals surface area contributed by atoms with Crippen LogP contribution in [0.1, 0.15) is 6.92 Å². The van der Waals surface area contributed by atoms with E-state index < -0.39 is 92.6 Å². The third-order valence-electron chi connectivity index (χ3n) is 5.66. The van der Waals surface area contributed by atoms with Gasteiger partial charge in [-0.15, -0.1) is 0 Å². The lowest BCUT2D eigenvalue weighted by Gasteiger charge is -2.47. The quantitative estimate of drug-likeness (QED) is 0.187. The van der Waals surface area contributed by atoms with Crippen molar-refractivity contribution < 1.29 is 69.6 Å². The van der Waals surface area contributed by atoms with Crippen molar-refractivity contribution in [2.24, 2.45) is 0 Å². The summed E-state index contributed by atoms with van der Waals surface area (Å²) in [5.74, 6) is 0. The van der Waals surface area contributed by atoms with Gasteiger partial charge in [0.05, 0.1) is 19.3 Å². The second-order valence-electron chi connectivity index (χ2n) is 7.87. The van der Waals surface area contributed by atoms with Gasteiger partial charge >= 0.3 is 0 Å². The molecular weight excluding hydrogens is 428 g/mol. The predicted octanol–water partition coefficient (Wildman–Crippen LogP) is -5.91. The van der Waals surface area contributed by atoms with Gasteiger partial charge in [-0.1, -0.05) is 0 Å². The summed E-state index contributed by atoms with van der Waals surface area (Å²) in [5.41, 5.74) is 0. The van der Waals surface area contributed by atoms with E-state index in [9.17, 15) is 46.0 Å². The molecule has 0 unspecified atom stereocenters. The maximum Gasteiger partial charge on any atom is 0.187 e. The van der Waals surface area contributed by atoms with E-state index in [1.54, 1.807) is 0 Å². The highest BCUT2D eigenvalue weighted by molar-refractivity contribution is 4.94. The lowest BCUT2D eigenvalue weighted by molar-refractivity contribution is -0.376. The molecule has 9 N–H and O–H groups in total. The van der Waals surface area contributed by atoms with Gasteiger partial charge in [0, 0.05) is 0 Å². The fourth-order valence-corrected chi connectivity index (χ4v) is 3.71. The third kappa shape index (κ3) is 5.02. The van der Waals surface area contributed by atoms with Crippen molar-refractivity contribution >= 4 is 0 Å². The van der Waals surface area contributed by atoms with Crippen LogP contribution in [0, 0.1) is 0 Å². The number of rotatable bonds is 5. The molecule has 3 aliphatic rings. The van der Waals surface area contributed by atoms with Crippen LogP contribution in [0.15, 0.2) is 0 Å². The summed E-state index contributed by atoms with van der Waals surface area (Å²) in [6, 6.07) is 0. The SMILES string of the molecule is C[C@@H]1O[C@@H](O[C@@H]2[C@@H](O)[C@H](O[C@@H]3OC[C@@H](O)[C@H](O)[C@H]3O)[C@@H](CO)O[C@H]2O)[C@H](O)[C@H](O)[C@H]1O. The molecule has 0 aliphatic carbocycles. The van der Waals surface area contributed by atoms with Crippen LogP contribution in [0.3, 0.4) is 0 Å². The van der Waals surface area contributed by atoms with Gasteiger partial charge in [-0.2, -0.15) is 0 Å². The Bertz CT molecular complexity index is 581. The molecule has 0 saturated carbocycles. The highest BCUT2D eigenvalue weighted by Gasteiger charge is 2.52. The molecule has 182 valence electrons. The molecular formula is C17H30O14. The molecule has 3 rings (SSSR count). The fourth-order valence-electron chi connectivity index (χ4n) is 3.71. The summed E-state index contributed by atoms with van der Waals surface area (Å²) in [5, 5.41) is 89.7. The first-order chi connectivity index (χ1) is 14.6. The van der Waals surface area contributed by atoms with Gasteiger partial charge in [0.25, 0.3) is 0 Å². The number of hydrogen-bond donors (Lipinski definition) is 9. The smallest absolute Gasteiger partial charge is 0.187 e. The van der Waals surface area contributed by atoms with Crippen molar-refractivity contribution in [1.29, 1.82) is 0 Å². The van der Waals surface area contributed by atoms with Crippen LogP contribution in [0.4, 0.5) is 0 Å². The molecule has 0 aromatic rings. The monoisotopic (exact) mass is 458 g/mol. The maximum absolute atomic E-state index is 10.7. The van der Waals surface area contributed by atoms with Crippen molar-refractivity contribution in [3.8, 4) is 0 Å². The summed E-state index contributed by atoms with van der Waals surface area (Å²) >= 11 is 0. The minimum Gasteiger partial charge on any atom is -0.394 e. The topological polar surface area (TPSA) is 228 Å². The predicted molar refractivity (Wildman–Crippen MR) is 93.8 cm³/mol. The van der Waals surface area contributed by atoms with Gasteiger partial charge in [-0.05, 0) is 6.92 Å². The first-order valence-electron chi connectivity index (χ1n) is 9.85. The van der Waals surface area contributed by atoms with Gasteiger partial charge in [-0.25, -0.2) is 0 Å². The Morgan fingerprint density at radius 2 is 1.32 bits per heavy atom. The van der Waals surface area contributed by atoms with E-state index in [2.05, 4.69) is 0 Å². The van der Waals surface area contributed by atoms with Gasteiger partial charge in [0.1, 0.15) is 61.0 Å². The molecule has 14 nitrogen and oxygen atoms in total. The van der Waals surface area contributed by atoms with Crippen molar-refractivity contribution in [2.45, 2.75) is 92.9 Å². The highest BCUT2D eigenvalue weighted by Crippen LogP contribution is 2.31. The van der Waals surface area contributed by atoms with E-state index in [0.29, 0.717) is 0 Å². The van der Waals surface area contributed by atoms with Crippen LogP contribution in [-0.4, -0.2) is 145 Å². The summed E-state index contributed by atoms with van der Waals surface area (Å²) in [6.07, 6.45) is -21.3. The molecule has 3 aliphatic heterocycles. The summed E-state index contributed by atoms with van der Waals surface area (Å²) in [4.78, 5) is 0. The number of hydrogen-bond acceptors (Lipinski definition) is 14. The van der Waals surface area contributed by atoms with Crippen LogP contribution < -0.4 is 0 Å². The highest BCUT2D eigenvalue weighted by atomic mass is 16.7. The summed E-state index contributed by atoms with van der Waals surface area (Å²) < 4.78 is 26.5. The van der Waals surface area contributed by atoms with Crippen LogP contribution in [-0.2, 0) is 23.7 Å². The zero-order valence-electron chi connectivity index (χ0n) is 16.6. The van der Waals surface area contributed by atoms with Gasteiger partial charge in [0.15, 0.2) is 18.9 Å². The Kier molecular flexibility index (Phi) is 8.21. The van der Waals surface area contributed by atoms with Crippen molar-refractivity contribution in [1.82, 2.24) is 0 Å². The maximum atomic E-state index is 10.7. The zero-order chi connectivity index (χ0) is 23.0. The Labute approximate surface area is 176 Å². The van der Waals surface area contributed by atoms with E-state index in [1.807, 2.05) is 0 Å². The van der Waals surface area contributed by atoms with Crippen LogP contribution in [0.2, 0.25) is 0 Å². The minimum atomic E-state index is -1.81. The van der Waals surface area contributed by atoms with Crippen molar-refractivity contribution in [3.63, 3.8) is 0 Å². The van der Waals surface area contributed by atoms with E-state index in [-0.39, 0.29) is 6.61 Å². The largest absolute Gasteiger partial charge is 0.394 e. The average molecular weight is 458 g/mol. The Morgan fingerprint density at radius 1 is 0.710 bits per heavy atom. The average Bonchev–Trinajstić information content (AvgIpc) is 2.74. The van der Waals surface area contributed by atoms with Gasteiger partial charge in [0.2, 0.25) is 0 Å². The second-order valence-corrected chi connectivity index (χ2v) is 7.87. The number of ether oxygens (including phenoxy) is 5. The van der Waals surface area contributed by atoms with Crippen molar-refractivity contribution in [2.75, 3.05) is 13.2 Å². The molecule has 3 heterocycles. The molecule has 14 heteroatoms. The van der Waals surface area contributed by atoms with Crippen molar-refractivity contribution in [3.05, 3.63) is 0 Å². The van der Waals surface area contributed by atoms with E-state index in [0.717, 1.165) is 0 Å². The van der Waals surface area contributed by atoms with E-state index in [4.69, 9.17) is 23.7 Å². The standard InChI is InChI=1S/C17H30O14/c1-4-7(20)9(22)11(24)17(28-4)31-14-12(25)13(6(2-18)29-15(14)26)30-16-10(23)8(21)5(19)3-27-16/h4-26H,2-3H2,1H3/t4-,5+,6+,7-,8-,9+,10+,11+,12-,13+,14+,15+,16-,17-/m0/s1. The molecule has 0 amide bonds. The molecule has 0 radical (unpaired) electrons. The Hall–Kier alpha value is -0.560. The third-order valence-corrected chi connectivity index (χ3v) is 5.66. The first-order valence-corrected chi connectivity index (χ1v) is 9.85. The molecule has 3 saturated heterocycles.